The van der Waals surface area contributed by atoms with Gasteiger partial charge in [-0.15, -0.1) is 0 Å². The maximum atomic E-state index is 13.2. The molecule has 1 heterocycles. The Morgan fingerprint density at radius 2 is 1.80 bits per heavy atom. The van der Waals surface area contributed by atoms with Crippen molar-refractivity contribution in [2.24, 2.45) is 0 Å². The number of hydrogen-bond donors (Lipinski definition) is 1. The number of anilines is 2. The molecule has 9 heteroatoms. The first kappa shape index (κ1) is 19.6. The second-order valence-electron chi connectivity index (χ2n) is 6.88. The van der Waals surface area contributed by atoms with Crippen LogP contribution < -0.4 is 9.62 Å². The van der Waals surface area contributed by atoms with Gasteiger partial charge in [0.05, 0.1) is 15.5 Å². The van der Waals surface area contributed by atoms with Gasteiger partial charge in [-0.3, -0.25) is 19.2 Å². The van der Waals surface area contributed by atoms with Crippen molar-refractivity contribution in [3.8, 4) is 11.1 Å². The number of benzene rings is 3. The molecule has 1 N–H and O–H groups in total. The zero-order valence-corrected chi connectivity index (χ0v) is 16.7. The summed E-state index contributed by atoms with van der Waals surface area (Å²) in [5.74, 6) is -0.607. The van der Waals surface area contributed by atoms with Crippen LogP contribution in [-0.4, -0.2) is 25.8 Å². The van der Waals surface area contributed by atoms with Gasteiger partial charge in [0.2, 0.25) is 5.91 Å². The smallest absolute Gasteiger partial charge is 0.271 e. The number of sulfonamides is 1. The Hall–Kier alpha value is -3.72. The summed E-state index contributed by atoms with van der Waals surface area (Å²) in [5, 5.41) is 13.5. The molecule has 3 aromatic carbocycles. The van der Waals surface area contributed by atoms with E-state index in [4.69, 9.17) is 0 Å². The minimum Gasteiger partial charge on any atom is -0.324 e. The van der Waals surface area contributed by atoms with Crippen LogP contribution >= 0.6 is 0 Å². The van der Waals surface area contributed by atoms with Gasteiger partial charge in [0.1, 0.15) is 6.54 Å². The molecule has 0 aromatic heterocycles. The van der Waals surface area contributed by atoms with Crippen LogP contribution in [0.3, 0.4) is 0 Å². The molecule has 0 spiro atoms. The Balaban J connectivity index is 1.70. The Kier molecular flexibility index (Phi) is 4.75. The zero-order chi connectivity index (χ0) is 21.5. The maximum Gasteiger partial charge on any atom is 0.271 e. The lowest BCUT2D eigenvalue weighted by Gasteiger charge is -2.31. The Bertz CT molecular complexity index is 1290. The van der Waals surface area contributed by atoms with Crippen LogP contribution in [0.5, 0.6) is 0 Å². The lowest BCUT2D eigenvalue weighted by atomic mass is 10.0. The van der Waals surface area contributed by atoms with Gasteiger partial charge in [-0.05, 0) is 31.2 Å². The van der Waals surface area contributed by atoms with Crippen LogP contribution in [0.2, 0.25) is 0 Å². The number of nitro groups is 1. The van der Waals surface area contributed by atoms with E-state index in [1.165, 1.54) is 30.3 Å². The molecule has 4 rings (SSSR count). The van der Waals surface area contributed by atoms with E-state index in [0.717, 1.165) is 15.4 Å². The molecule has 1 aliphatic heterocycles. The molecule has 3 aromatic rings. The SMILES string of the molecule is Cc1ccc2c(c1)-c1ccccc1S(=O)(=O)N2CC(=O)Nc1cccc([N+](=O)[O-])c1. The number of carbonyl (C=O) groups is 1. The number of rotatable bonds is 4. The third-order valence-corrected chi connectivity index (χ3v) is 6.61. The first-order chi connectivity index (χ1) is 14.3. The minimum atomic E-state index is -3.95. The number of nitrogens with zero attached hydrogens (tertiary/aromatic N) is 2. The average Bonchev–Trinajstić information content (AvgIpc) is 2.71. The summed E-state index contributed by atoms with van der Waals surface area (Å²) in [6.45, 7) is 1.45. The first-order valence-corrected chi connectivity index (χ1v) is 10.5. The fraction of sp³-hybridized carbons (Fsp3) is 0.0952. The lowest BCUT2D eigenvalue weighted by molar-refractivity contribution is -0.384. The van der Waals surface area contributed by atoms with Crippen molar-refractivity contribution in [2.75, 3.05) is 16.2 Å². The van der Waals surface area contributed by atoms with E-state index < -0.39 is 27.4 Å². The fourth-order valence-corrected chi connectivity index (χ4v) is 5.09. The van der Waals surface area contributed by atoms with Crippen LogP contribution in [-0.2, 0) is 14.8 Å². The molecule has 0 aliphatic carbocycles. The van der Waals surface area contributed by atoms with Crippen LogP contribution in [0.15, 0.2) is 71.6 Å². The second-order valence-corrected chi connectivity index (χ2v) is 8.71. The summed E-state index contributed by atoms with van der Waals surface area (Å²) in [5.41, 5.74) is 2.73. The van der Waals surface area contributed by atoms with Crippen molar-refractivity contribution in [3.05, 3.63) is 82.4 Å². The average molecular weight is 423 g/mol. The van der Waals surface area contributed by atoms with Gasteiger partial charge in [-0.25, -0.2) is 8.42 Å². The van der Waals surface area contributed by atoms with Gasteiger partial charge in [-0.2, -0.15) is 0 Å². The number of fused-ring (bicyclic) bond motifs is 3. The van der Waals surface area contributed by atoms with Crippen LogP contribution in [0.4, 0.5) is 17.1 Å². The zero-order valence-electron chi connectivity index (χ0n) is 15.9. The van der Waals surface area contributed by atoms with Gasteiger partial charge in [0.15, 0.2) is 0 Å². The van der Waals surface area contributed by atoms with Gasteiger partial charge in [-0.1, -0.05) is 35.9 Å². The standard InChI is InChI=1S/C21H17N3O5S/c1-14-9-10-19-18(11-14)17-7-2-3-8-20(17)30(28,29)23(19)13-21(25)22-15-5-4-6-16(12-15)24(26)27/h2-12H,13H2,1H3,(H,22,25). The number of nitro benzene ring substituents is 1. The summed E-state index contributed by atoms with van der Waals surface area (Å²) in [6, 6.07) is 17.5. The van der Waals surface area contributed by atoms with E-state index in [1.807, 2.05) is 13.0 Å². The highest BCUT2D eigenvalue weighted by Gasteiger charge is 2.35. The van der Waals surface area contributed by atoms with Crippen molar-refractivity contribution in [1.82, 2.24) is 0 Å². The van der Waals surface area contributed by atoms with Crippen molar-refractivity contribution in [3.63, 3.8) is 0 Å². The Morgan fingerprint density at radius 1 is 1.03 bits per heavy atom. The second kappa shape index (κ2) is 7.27. The number of aryl methyl sites for hydroxylation is 1. The largest absolute Gasteiger partial charge is 0.324 e. The van der Waals surface area contributed by atoms with E-state index in [0.29, 0.717) is 11.3 Å². The van der Waals surface area contributed by atoms with Crippen molar-refractivity contribution in [2.45, 2.75) is 11.8 Å². The molecule has 0 bridgehead atoms. The monoisotopic (exact) mass is 423 g/mol. The number of hydrogen-bond acceptors (Lipinski definition) is 5. The predicted molar refractivity (Wildman–Crippen MR) is 113 cm³/mol. The van der Waals surface area contributed by atoms with E-state index in [2.05, 4.69) is 5.32 Å². The molecule has 8 nitrogen and oxygen atoms in total. The quantitative estimate of drug-likeness (QED) is 0.508. The normalized spacial score (nSPS) is 13.8. The highest BCUT2D eigenvalue weighted by Crippen LogP contribution is 2.43. The van der Waals surface area contributed by atoms with Gasteiger partial charge >= 0.3 is 0 Å². The highest BCUT2D eigenvalue weighted by molar-refractivity contribution is 7.93. The molecule has 1 amide bonds. The molecule has 30 heavy (non-hydrogen) atoms. The maximum absolute atomic E-state index is 13.2. The molecule has 152 valence electrons. The third-order valence-electron chi connectivity index (χ3n) is 4.79. The number of non-ortho nitro benzene ring substituents is 1. The molecule has 0 unspecified atom stereocenters. The molecule has 0 saturated heterocycles. The molecule has 0 atom stereocenters. The van der Waals surface area contributed by atoms with Crippen LogP contribution in [0.25, 0.3) is 11.1 Å². The van der Waals surface area contributed by atoms with Crippen LogP contribution in [0.1, 0.15) is 5.56 Å². The topological polar surface area (TPSA) is 110 Å². The minimum absolute atomic E-state index is 0.131. The number of nitrogens with one attached hydrogen (secondary N) is 1. The highest BCUT2D eigenvalue weighted by atomic mass is 32.2. The van der Waals surface area contributed by atoms with Crippen LogP contribution in [0, 0.1) is 17.0 Å². The Morgan fingerprint density at radius 3 is 2.57 bits per heavy atom. The summed E-state index contributed by atoms with van der Waals surface area (Å²) in [6.07, 6.45) is 0. The molecule has 0 fully saturated rings. The predicted octanol–water partition coefficient (Wildman–Crippen LogP) is 3.72. The van der Waals surface area contributed by atoms with E-state index in [-0.39, 0.29) is 16.3 Å². The van der Waals surface area contributed by atoms with E-state index in [1.54, 1.807) is 30.3 Å². The van der Waals surface area contributed by atoms with Gasteiger partial charge in [0, 0.05) is 28.9 Å². The summed E-state index contributed by atoms with van der Waals surface area (Å²) in [4.78, 5) is 23.1. The Labute approximate surface area is 173 Å². The number of amides is 1. The molecule has 0 radical (unpaired) electrons. The summed E-state index contributed by atoms with van der Waals surface area (Å²) < 4.78 is 27.5. The first-order valence-electron chi connectivity index (χ1n) is 9.04. The molecular formula is C21H17N3O5S. The van der Waals surface area contributed by atoms with Crippen molar-refractivity contribution < 1.29 is 18.1 Å². The van der Waals surface area contributed by atoms with Crippen molar-refractivity contribution in [1.29, 1.82) is 0 Å². The molecular weight excluding hydrogens is 406 g/mol. The fourth-order valence-electron chi connectivity index (χ4n) is 3.44. The van der Waals surface area contributed by atoms with Gasteiger partial charge in [0.25, 0.3) is 15.7 Å². The molecule has 1 aliphatic rings. The third kappa shape index (κ3) is 3.39. The van der Waals surface area contributed by atoms with Crippen molar-refractivity contribution >= 4 is 33.0 Å². The van der Waals surface area contributed by atoms with E-state index >= 15 is 0 Å². The van der Waals surface area contributed by atoms with Gasteiger partial charge < -0.3 is 5.32 Å². The lowest BCUT2D eigenvalue weighted by Crippen LogP contribution is -2.40. The van der Waals surface area contributed by atoms with E-state index in [9.17, 15) is 23.3 Å². The number of carbonyl (C=O) groups excluding carboxylic acids is 1. The molecule has 0 saturated carbocycles. The summed E-state index contributed by atoms with van der Waals surface area (Å²) >= 11 is 0. The summed E-state index contributed by atoms with van der Waals surface area (Å²) in [7, 11) is -3.95.